The number of hydrogen-bond acceptors (Lipinski definition) is 3. The number of nitrogens with one attached hydrogen (secondary N) is 1. The Bertz CT molecular complexity index is 444. The highest BCUT2D eigenvalue weighted by atomic mass is 15.3. The summed E-state index contributed by atoms with van der Waals surface area (Å²) in [6.45, 7) is 0. The molecule has 0 aromatic carbocycles. The van der Waals surface area contributed by atoms with Crippen LogP contribution < -0.4 is 5.73 Å². The Morgan fingerprint density at radius 3 is 3.23 bits per heavy atom. The smallest absolute Gasteiger partial charge is 0.158 e. The average Bonchev–Trinajstić information content (AvgIpc) is 2.51. The number of pyridine rings is 1. The van der Waals surface area contributed by atoms with Crippen molar-refractivity contribution in [2.75, 3.05) is 0 Å². The number of amidine groups is 1. The third-order valence-corrected chi connectivity index (χ3v) is 1.77. The predicted molar refractivity (Wildman–Crippen MR) is 48.6 cm³/mol. The molecule has 2 aromatic rings. The van der Waals surface area contributed by atoms with Crippen molar-refractivity contribution >= 4 is 11.5 Å². The van der Waals surface area contributed by atoms with Gasteiger partial charge in [-0.15, -0.1) is 0 Å². The van der Waals surface area contributed by atoms with Gasteiger partial charge in [0.25, 0.3) is 0 Å². The van der Waals surface area contributed by atoms with Gasteiger partial charge in [0.05, 0.1) is 5.84 Å². The van der Waals surface area contributed by atoms with Crippen molar-refractivity contribution in [1.29, 1.82) is 5.41 Å². The molecule has 3 N–H and O–H groups in total. The summed E-state index contributed by atoms with van der Waals surface area (Å²) in [5.41, 5.74) is 7.00. The number of nitrogens with two attached hydrogens (primary N) is 1. The maximum absolute atomic E-state index is 7.18. The highest BCUT2D eigenvalue weighted by molar-refractivity contribution is 5.81. The van der Waals surface area contributed by atoms with Gasteiger partial charge in [-0.05, 0) is 6.07 Å². The molecule has 13 heavy (non-hydrogen) atoms. The minimum Gasteiger partial charge on any atom is -0.387 e. The van der Waals surface area contributed by atoms with Crippen molar-refractivity contribution in [2.24, 2.45) is 5.73 Å². The van der Waals surface area contributed by atoms with E-state index in [9.17, 15) is 0 Å². The van der Waals surface area contributed by atoms with Gasteiger partial charge < -0.3 is 5.73 Å². The summed E-state index contributed by atoms with van der Waals surface area (Å²) in [5.74, 6) is 0.135. The van der Waals surface area contributed by atoms with Gasteiger partial charge in [-0.1, -0.05) is 6.07 Å². The number of aromatic nitrogens is 3. The fraction of sp³-hybridized carbons (Fsp3) is 0.125. The molecule has 2 aromatic heterocycles. The van der Waals surface area contributed by atoms with Gasteiger partial charge in [0.15, 0.2) is 5.65 Å². The Morgan fingerprint density at radius 1 is 1.62 bits per heavy atom. The number of hydrogen-bond donors (Lipinski definition) is 2. The Hall–Kier alpha value is -1.91. The summed E-state index contributed by atoms with van der Waals surface area (Å²) in [6, 6.07) is 3.76. The van der Waals surface area contributed by atoms with E-state index < -0.39 is 0 Å². The summed E-state index contributed by atoms with van der Waals surface area (Å²) < 4.78 is 1.66. The van der Waals surface area contributed by atoms with E-state index >= 15 is 0 Å². The van der Waals surface area contributed by atoms with Gasteiger partial charge >= 0.3 is 0 Å². The first-order chi connectivity index (χ1) is 6.27. The zero-order valence-corrected chi connectivity index (χ0v) is 6.94. The first-order valence-electron chi connectivity index (χ1n) is 3.87. The largest absolute Gasteiger partial charge is 0.387 e. The third kappa shape index (κ3) is 1.35. The lowest BCUT2D eigenvalue weighted by molar-refractivity contribution is 0.953. The second-order valence-electron chi connectivity index (χ2n) is 2.76. The standard InChI is InChI=1S/C8H9N5/c9-7(10)4-6-2-1-3-13-8(6)11-5-12-13/h1-3,5H,4H2,(H3,9,10). The molecule has 0 fully saturated rings. The van der Waals surface area contributed by atoms with Crippen molar-refractivity contribution < 1.29 is 0 Å². The number of fused-ring (bicyclic) bond motifs is 1. The first-order valence-corrected chi connectivity index (χ1v) is 3.87. The van der Waals surface area contributed by atoms with Crippen LogP contribution in [0.2, 0.25) is 0 Å². The molecule has 0 amide bonds. The van der Waals surface area contributed by atoms with Crippen LogP contribution in [0.5, 0.6) is 0 Å². The molecule has 0 aliphatic heterocycles. The topological polar surface area (TPSA) is 80.1 Å². The van der Waals surface area contributed by atoms with Crippen LogP contribution in [0.25, 0.3) is 5.65 Å². The van der Waals surface area contributed by atoms with Crippen LogP contribution in [-0.4, -0.2) is 20.4 Å². The second-order valence-corrected chi connectivity index (χ2v) is 2.76. The van der Waals surface area contributed by atoms with E-state index in [0.29, 0.717) is 6.42 Å². The minimum atomic E-state index is 0.135. The van der Waals surface area contributed by atoms with Crippen LogP contribution in [0.1, 0.15) is 5.56 Å². The van der Waals surface area contributed by atoms with Crippen molar-refractivity contribution in [3.05, 3.63) is 30.2 Å². The van der Waals surface area contributed by atoms with Crippen molar-refractivity contribution in [2.45, 2.75) is 6.42 Å². The predicted octanol–water partition coefficient (Wildman–Crippen LogP) is 0.208. The zero-order chi connectivity index (χ0) is 9.26. The van der Waals surface area contributed by atoms with Crippen molar-refractivity contribution in [3.63, 3.8) is 0 Å². The molecule has 2 heterocycles. The van der Waals surface area contributed by atoms with E-state index in [2.05, 4.69) is 10.1 Å². The Balaban J connectivity index is 2.54. The maximum Gasteiger partial charge on any atom is 0.158 e. The second kappa shape index (κ2) is 2.85. The fourth-order valence-electron chi connectivity index (χ4n) is 1.25. The Morgan fingerprint density at radius 2 is 2.46 bits per heavy atom. The Kier molecular flexibility index (Phi) is 1.70. The number of nitrogens with zero attached hydrogens (tertiary/aromatic N) is 3. The molecular formula is C8H9N5. The quantitative estimate of drug-likeness (QED) is 0.505. The molecule has 0 bridgehead atoms. The first kappa shape index (κ1) is 7.72. The third-order valence-electron chi connectivity index (χ3n) is 1.77. The molecule has 5 heteroatoms. The van der Waals surface area contributed by atoms with Gasteiger partial charge in [-0.2, -0.15) is 5.10 Å². The van der Waals surface area contributed by atoms with E-state index in [1.165, 1.54) is 6.33 Å². The molecule has 0 saturated carbocycles. The fourth-order valence-corrected chi connectivity index (χ4v) is 1.25. The lowest BCUT2D eigenvalue weighted by Crippen LogP contribution is -2.13. The molecular weight excluding hydrogens is 166 g/mol. The van der Waals surface area contributed by atoms with Crippen LogP contribution in [0.3, 0.4) is 0 Å². The highest BCUT2D eigenvalue weighted by Gasteiger charge is 2.03. The van der Waals surface area contributed by atoms with Gasteiger partial charge in [-0.3, -0.25) is 5.41 Å². The molecule has 0 radical (unpaired) electrons. The van der Waals surface area contributed by atoms with Crippen LogP contribution >= 0.6 is 0 Å². The van der Waals surface area contributed by atoms with Gasteiger partial charge in [0, 0.05) is 18.2 Å². The lowest BCUT2D eigenvalue weighted by Gasteiger charge is -1.99. The van der Waals surface area contributed by atoms with Gasteiger partial charge in [0.1, 0.15) is 6.33 Å². The van der Waals surface area contributed by atoms with E-state index in [1.54, 1.807) is 4.52 Å². The summed E-state index contributed by atoms with van der Waals surface area (Å²) in [4.78, 5) is 4.07. The number of rotatable bonds is 2. The molecule has 2 rings (SSSR count). The monoisotopic (exact) mass is 175 g/mol. The van der Waals surface area contributed by atoms with Crippen LogP contribution in [0.15, 0.2) is 24.7 Å². The maximum atomic E-state index is 7.18. The summed E-state index contributed by atoms with van der Waals surface area (Å²) in [7, 11) is 0. The normalized spacial score (nSPS) is 10.5. The summed E-state index contributed by atoms with van der Waals surface area (Å²) in [5, 5.41) is 11.2. The van der Waals surface area contributed by atoms with Crippen LogP contribution in [0, 0.1) is 5.41 Å². The molecule has 5 nitrogen and oxygen atoms in total. The van der Waals surface area contributed by atoms with Crippen molar-refractivity contribution in [3.8, 4) is 0 Å². The van der Waals surface area contributed by atoms with Gasteiger partial charge in [0.2, 0.25) is 0 Å². The van der Waals surface area contributed by atoms with E-state index in [4.69, 9.17) is 11.1 Å². The van der Waals surface area contributed by atoms with E-state index in [-0.39, 0.29) is 5.84 Å². The van der Waals surface area contributed by atoms with Crippen molar-refractivity contribution in [1.82, 2.24) is 14.6 Å². The molecule has 0 aliphatic rings. The molecule has 0 aliphatic carbocycles. The van der Waals surface area contributed by atoms with Crippen LogP contribution in [0.4, 0.5) is 0 Å². The summed E-state index contributed by atoms with van der Waals surface area (Å²) in [6.07, 6.45) is 3.72. The molecule has 0 saturated heterocycles. The molecule has 66 valence electrons. The Labute approximate surface area is 74.7 Å². The van der Waals surface area contributed by atoms with Crippen LogP contribution in [-0.2, 0) is 6.42 Å². The van der Waals surface area contributed by atoms with E-state index in [0.717, 1.165) is 11.2 Å². The zero-order valence-electron chi connectivity index (χ0n) is 6.94. The van der Waals surface area contributed by atoms with E-state index in [1.807, 2.05) is 18.3 Å². The summed E-state index contributed by atoms with van der Waals surface area (Å²) >= 11 is 0. The highest BCUT2D eigenvalue weighted by Crippen LogP contribution is 2.06. The molecule has 0 spiro atoms. The minimum absolute atomic E-state index is 0.135. The van der Waals surface area contributed by atoms with Gasteiger partial charge in [-0.25, -0.2) is 9.50 Å². The molecule has 0 atom stereocenters. The molecule has 0 unspecified atom stereocenters. The lowest BCUT2D eigenvalue weighted by atomic mass is 10.2. The SMILES string of the molecule is N=C(N)Cc1cccn2ncnc12. The average molecular weight is 175 g/mol.